The van der Waals surface area contributed by atoms with Crippen LogP contribution < -0.4 is 9.80 Å². The average molecular weight is 1480 g/mol. The minimum absolute atomic E-state index is 0.160. The van der Waals surface area contributed by atoms with Crippen LogP contribution in [0.25, 0.3) is 155 Å². The summed E-state index contributed by atoms with van der Waals surface area (Å²) in [6.07, 6.45) is 0. The zero-order chi connectivity index (χ0) is 77.6. The Kier molecular flexibility index (Phi) is 17.0. The zero-order valence-electron chi connectivity index (χ0n) is 65.3. The molecule has 0 unspecified atom stereocenters. The van der Waals surface area contributed by atoms with Gasteiger partial charge in [0.15, 0.2) is 0 Å². The van der Waals surface area contributed by atoms with E-state index in [9.17, 15) is 0 Å². The topological polar surface area (TPSA) is 6.48 Å². The van der Waals surface area contributed by atoms with Gasteiger partial charge >= 0.3 is 0 Å². The van der Waals surface area contributed by atoms with Crippen LogP contribution in [0.2, 0.25) is 0 Å². The van der Waals surface area contributed by atoms with Gasteiger partial charge in [-0.05, 0) is 221 Å². The van der Waals surface area contributed by atoms with E-state index in [-0.39, 0.29) is 10.8 Å². The summed E-state index contributed by atoms with van der Waals surface area (Å²) < 4.78 is 0. The largest absolute Gasteiger partial charge is 0.309 e. The number of hydrogen-bond donors (Lipinski definition) is 0. The summed E-state index contributed by atoms with van der Waals surface area (Å²) >= 11 is 0. The van der Waals surface area contributed by atoms with Crippen molar-refractivity contribution in [3.63, 3.8) is 0 Å². The maximum absolute atomic E-state index is 2.52. The average Bonchev–Trinajstić information content (AvgIpc) is 1.55. The molecule has 0 saturated heterocycles. The highest BCUT2D eigenvalue weighted by molar-refractivity contribution is 6.12. The van der Waals surface area contributed by atoms with Crippen LogP contribution in [-0.4, -0.2) is 0 Å². The first-order valence-electron chi connectivity index (χ1n) is 40.5. The maximum atomic E-state index is 2.52. The molecule has 0 N–H and O–H groups in total. The number of rotatable bonds is 15. The minimum Gasteiger partial charge on any atom is -0.309 e. The van der Waals surface area contributed by atoms with Crippen molar-refractivity contribution in [2.45, 2.75) is 38.5 Å². The molecule has 0 aliphatic heterocycles. The van der Waals surface area contributed by atoms with Gasteiger partial charge in [0, 0.05) is 44.5 Å². The van der Waals surface area contributed by atoms with E-state index in [2.05, 4.69) is 462 Å². The van der Waals surface area contributed by atoms with Gasteiger partial charge in [-0.25, -0.2) is 0 Å². The molecule has 0 aromatic heterocycles. The van der Waals surface area contributed by atoms with E-state index in [1.807, 2.05) is 0 Å². The summed E-state index contributed by atoms with van der Waals surface area (Å²) in [4.78, 5) is 5.04. The minimum atomic E-state index is -0.337. The van der Waals surface area contributed by atoms with Gasteiger partial charge < -0.3 is 9.80 Å². The SMILES string of the molecule is CC1(C)c2ccccc2-c2c(-c3ccccc3N(c3ccc(-c4cccc5cc(-c6ccc7c(c6)C(C)(C)c6cccc(-c8ccccc8N(c8ccc9c(ccc%10ccccc%109)c8)c8ccccc8-c8ccccc8-c8ccccc8)c6-7)cc(-c6ccccc6)c45)cc3)c3ccccc3-c3ccccc3-c3ccccc3)cccc21. The van der Waals surface area contributed by atoms with E-state index >= 15 is 0 Å². The molecule has 0 amide bonds. The third-order valence-corrected chi connectivity index (χ3v) is 24.9. The Labute approximate surface area is 679 Å². The summed E-state index contributed by atoms with van der Waals surface area (Å²) in [6.45, 7) is 9.59. The van der Waals surface area contributed by atoms with Crippen molar-refractivity contribution < 1.29 is 0 Å². The fourth-order valence-corrected chi connectivity index (χ4v) is 19.4. The predicted molar refractivity (Wildman–Crippen MR) is 492 cm³/mol. The number of nitrogens with zero attached hydrogens (tertiary/aromatic N) is 2. The van der Waals surface area contributed by atoms with Crippen LogP contribution >= 0.6 is 0 Å². The molecule has 0 spiro atoms. The lowest BCUT2D eigenvalue weighted by atomic mass is 9.81. The highest BCUT2D eigenvalue weighted by Crippen LogP contribution is 2.58. The Bertz CT molecular complexity index is 7070. The van der Waals surface area contributed by atoms with Gasteiger partial charge in [0.25, 0.3) is 0 Å². The number of fused-ring (bicyclic) bond motifs is 10. The van der Waals surface area contributed by atoms with Gasteiger partial charge in [0.1, 0.15) is 0 Å². The van der Waals surface area contributed by atoms with Crippen LogP contribution in [-0.2, 0) is 10.8 Å². The van der Waals surface area contributed by atoms with Crippen LogP contribution in [0.1, 0.15) is 49.9 Å². The van der Waals surface area contributed by atoms with Gasteiger partial charge in [-0.15, -0.1) is 0 Å². The molecular weight excluding hydrogens is 1400 g/mol. The van der Waals surface area contributed by atoms with Crippen LogP contribution in [0.5, 0.6) is 0 Å². The van der Waals surface area contributed by atoms with Crippen molar-refractivity contribution >= 4 is 66.4 Å². The first-order valence-corrected chi connectivity index (χ1v) is 40.5. The second kappa shape index (κ2) is 28.3. The van der Waals surface area contributed by atoms with Crippen molar-refractivity contribution in [1.29, 1.82) is 0 Å². The summed E-state index contributed by atoms with van der Waals surface area (Å²) in [5, 5.41) is 7.30. The molecule has 0 saturated carbocycles. The molecule has 19 aromatic rings. The molecule has 116 heavy (non-hydrogen) atoms. The maximum Gasteiger partial charge on any atom is 0.0540 e. The quantitative estimate of drug-likeness (QED) is 0.0944. The molecule has 2 aliphatic carbocycles. The molecular formula is C114H82N2. The number of benzene rings is 19. The molecule has 2 nitrogen and oxygen atoms in total. The van der Waals surface area contributed by atoms with Crippen LogP contribution in [0, 0.1) is 0 Å². The number of hydrogen-bond acceptors (Lipinski definition) is 2. The number of para-hydroxylation sites is 4. The molecule has 0 radical (unpaired) electrons. The molecule has 0 bridgehead atoms. The van der Waals surface area contributed by atoms with E-state index in [4.69, 9.17) is 0 Å². The van der Waals surface area contributed by atoms with Gasteiger partial charge in [-0.1, -0.05) is 386 Å². The Morgan fingerprint density at radius 3 is 1.09 bits per heavy atom. The van der Waals surface area contributed by atoms with Crippen LogP contribution in [0.15, 0.2) is 425 Å². The highest BCUT2D eigenvalue weighted by Gasteiger charge is 2.40. The smallest absolute Gasteiger partial charge is 0.0540 e. The second-order valence-corrected chi connectivity index (χ2v) is 32.1. The van der Waals surface area contributed by atoms with Crippen molar-refractivity contribution in [3.05, 3.63) is 447 Å². The van der Waals surface area contributed by atoms with E-state index < -0.39 is 0 Å². The van der Waals surface area contributed by atoms with E-state index in [1.54, 1.807) is 0 Å². The summed E-state index contributed by atoms with van der Waals surface area (Å²) in [5.74, 6) is 0. The first kappa shape index (κ1) is 69.5. The highest BCUT2D eigenvalue weighted by atomic mass is 15.2. The molecule has 0 atom stereocenters. The van der Waals surface area contributed by atoms with Crippen LogP contribution in [0.3, 0.4) is 0 Å². The molecule has 19 aromatic carbocycles. The van der Waals surface area contributed by atoms with E-state index in [0.29, 0.717) is 0 Å². The Morgan fingerprint density at radius 2 is 0.534 bits per heavy atom. The lowest BCUT2D eigenvalue weighted by Gasteiger charge is -2.31. The van der Waals surface area contributed by atoms with Gasteiger partial charge in [0.2, 0.25) is 0 Å². The fourth-order valence-electron chi connectivity index (χ4n) is 19.4. The summed E-state index contributed by atoms with van der Waals surface area (Å²) in [6, 6.07) is 158. The lowest BCUT2D eigenvalue weighted by molar-refractivity contribution is 0.660. The van der Waals surface area contributed by atoms with Crippen molar-refractivity contribution in [3.8, 4) is 122 Å². The fraction of sp³-hybridized carbons (Fsp3) is 0.0526. The monoisotopic (exact) mass is 1480 g/mol. The summed E-state index contributed by atoms with van der Waals surface area (Å²) in [7, 11) is 0. The first-order chi connectivity index (χ1) is 57.1. The van der Waals surface area contributed by atoms with E-state index in [1.165, 1.54) is 155 Å². The molecule has 0 fully saturated rings. The summed E-state index contributed by atoms with van der Waals surface area (Å²) in [5.41, 5.74) is 37.7. The Hall–Kier alpha value is -14.4. The van der Waals surface area contributed by atoms with Crippen LogP contribution in [0.4, 0.5) is 34.1 Å². The third kappa shape index (κ3) is 11.6. The molecule has 2 heteroatoms. The predicted octanol–water partition coefficient (Wildman–Crippen LogP) is 31.7. The van der Waals surface area contributed by atoms with E-state index in [0.717, 1.165) is 56.4 Å². The normalized spacial score (nSPS) is 12.8. The zero-order valence-corrected chi connectivity index (χ0v) is 65.3. The lowest BCUT2D eigenvalue weighted by Crippen LogP contribution is -2.15. The van der Waals surface area contributed by atoms with Crippen molar-refractivity contribution in [1.82, 2.24) is 0 Å². The number of anilines is 6. The van der Waals surface area contributed by atoms with Crippen molar-refractivity contribution in [2.24, 2.45) is 0 Å². The second-order valence-electron chi connectivity index (χ2n) is 32.1. The van der Waals surface area contributed by atoms with Gasteiger partial charge in [-0.2, -0.15) is 0 Å². The third-order valence-electron chi connectivity index (χ3n) is 24.9. The molecule has 21 rings (SSSR count). The molecule has 2 aliphatic rings. The van der Waals surface area contributed by atoms with Gasteiger partial charge in [0.05, 0.1) is 22.7 Å². The molecule has 0 heterocycles. The van der Waals surface area contributed by atoms with Crippen molar-refractivity contribution in [2.75, 3.05) is 9.80 Å². The molecule has 548 valence electrons. The standard InChI is InChI=1S/C114H82N2/c1-113(2)102-54-25-20-50-99(102)111-97(52-31-55-103(111)113)95-48-23-28-59-108(95)115(106-57-26-21-46-93(106)91-44-18-16-42-87(91)75-33-8-5-9-34-75)84-66-63-79(64-67-84)90-51-30-40-82-71-83(73-101(110(82)90)77-37-12-7-13-38-77)80-65-69-100-105(74-80)114(3,4)104-56-32-53-98(112(100)104)96-49-24-29-60-109(96)116(85-68-70-89-81(72-85)62-61-78-39-14-15-41-86(78)89)107-58-27-22-47-94(107)92-45-19-17-43-88(92)76-35-10-6-11-36-76/h5-74H,1-4H3. The Balaban J connectivity index is 0.686. The Morgan fingerprint density at radius 1 is 0.172 bits per heavy atom. The van der Waals surface area contributed by atoms with Gasteiger partial charge in [-0.3, -0.25) is 0 Å².